The number of nitrogens with zero attached hydrogens (tertiary/aromatic N) is 5. The van der Waals surface area contributed by atoms with Gasteiger partial charge in [0.25, 0.3) is 0 Å². The fourth-order valence-electron chi connectivity index (χ4n) is 9.52. The molecule has 0 saturated heterocycles. The average molecular weight is 792 g/mol. The summed E-state index contributed by atoms with van der Waals surface area (Å²) in [5.74, 6) is 1.72. The van der Waals surface area contributed by atoms with Crippen molar-refractivity contribution >= 4 is 76.2 Å². The molecule has 0 unspecified atom stereocenters. The maximum absolute atomic E-state index is 6.28. The molecule has 0 aliphatic heterocycles. The Morgan fingerprint density at radius 3 is 1.90 bits per heavy atom. The third-order valence-corrected chi connectivity index (χ3v) is 12.3. The molecule has 6 nitrogen and oxygen atoms in total. The van der Waals surface area contributed by atoms with Crippen LogP contribution in [-0.2, 0) is 0 Å². The quantitative estimate of drug-likeness (QED) is 0.174. The van der Waals surface area contributed by atoms with Gasteiger partial charge in [-0.25, -0.2) is 15.0 Å². The van der Waals surface area contributed by atoms with Crippen molar-refractivity contribution in [3.63, 3.8) is 0 Å². The van der Waals surface area contributed by atoms with Crippen molar-refractivity contribution in [2.75, 3.05) is 0 Å². The van der Waals surface area contributed by atoms with Crippen LogP contribution in [-0.4, -0.2) is 24.5 Å². The summed E-state index contributed by atoms with van der Waals surface area (Å²) in [6, 6.07) is 68.2. The SMILES string of the molecule is c1ccc(-c2cc3c(c4ccccc24)c2ccccc2n3-c2ccc(-c3nc(-c4ccc5ccccc5c4)nc(-c4cccc5oc6cccnc6c45)n3)c3ccccc23)cc1. The van der Waals surface area contributed by atoms with Gasteiger partial charge in [-0.2, -0.15) is 0 Å². The molecule has 13 rings (SSSR count). The van der Waals surface area contributed by atoms with E-state index in [1.165, 1.54) is 32.7 Å². The Balaban J connectivity index is 1.08. The number of fused-ring (bicyclic) bond motifs is 10. The van der Waals surface area contributed by atoms with E-state index < -0.39 is 0 Å². The zero-order valence-electron chi connectivity index (χ0n) is 33.2. The minimum atomic E-state index is 0.549. The third kappa shape index (κ3) is 5.23. The lowest BCUT2D eigenvalue weighted by Crippen LogP contribution is -2.02. The molecule has 62 heavy (non-hydrogen) atoms. The highest BCUT2D eigenvalue weighted by Gasteiger charge is 2.22. The van der Waals surface area contributed by atoms with E-state index in [4.69, 9.17) is 24.4 Å². The van der Waals surface area contributed by atoms with Crippen molar-refractivity contribution < 1.29 is 4.42 Å². The van der Waals surface area contributed by atoms with Gasteiger partial charge in [-0.05, 0) is 86.6 Å². The van der Waals surface area contributed by atoms with Crippen molar-refractivity contribution in [3.05, 3.63) is 200 Å². The van der Waals surface area contributed by atoms with Crippen LogP contribution in [0.5, 0.6) is 0 Å². The fraction of sp³-hybridized carbons (Fsp3) is 0. The molecule has 288 valence electrons. The molecule has 4 aromatic heterocycles. The summed E-state index contributed by atoms with van der Waals surface area (Å²) in [4.78, 5) is 20.6. The van der Waals surface area contributed by atoms with Crippen LogP contribution < -0.4 is 0 Å². The van der Waals surface area contributed by atoms with Crippen molar-refractivity contribution in [1.82, 2.24) is 24.5 Å². The molecule has 0 saturated carbocycles. The Morgan fingerprint density at radius 2 is 1.05 bits per heavy atom. The predicted octanol–water partition coefficient (Wildman–Crippen LogP) is 14.4. The predicted molar refractivity (Wildman–Crippen MR) is 254 cm³/mol. The lowest BCUT2D eigenvalue weighted by molar-refractivity contribution is 0.668. The molecule has 13 aromatic rings. The Hall–Kier alpha value is -8.48. The molecule has 0 fully saturated rings. The van der Waals surface area contributed by atoms with Gasteiger partial charge in [-0.1, -0.05) is 146 Å². The van der Waals surface area contributed by atoms with Gasteiger partial charge in [0.1, 0.15) is 11.1 Å². The summed E-state index contributed by atoms with van der Waals surface area (Å²) in [5, 5.41) is 10.2. The average Bonchev–Trinajstić information content (AvgIpc) is 3.89. The third-order valence-electron chi connectivity index (χ3n) is 12.3. The van der Waals surface area contributed by atoms with Gasteiger partial charge in [0.2, 0.25) is 0 Å². The summed E-state index contributed by atoms with van der Waals surface area (Å²) in [6.07, 6.45) is 1.79. The van der Waals surface area contributed by atoms with Crippen LogP contribution in [0, 0.1) is 0 Å². The van der Waals surface area contributed by atoms with Crippen LogP contribution in [0.1, 0.15) is 0 Å². The molecule has 0 amide bonds. The lowest BCUT2D eigenvalue weighted by Gasteiger charge is -2.16. The molecule has 6 heteroatoms. The monoisotopic (exact) mass is 791 g/mol. The van der Waals surface area contributed by atoms with Gasteiger partial charge in [0, 0.05) is 39.0 Å². The van der Waals surface area contributed by atoms with Crippen molar-refractivity contribution in [2.45, 2.75) is 0 Å². The largest absolute Gasteiger partial charge is 0.454 e. The minimum absolute atomic E-state index is 0.549. The van der Waals surface area contributed by atoms with Crippen LogP contribution in [0.15, 0.2) is 205 Å². The highest BCUT2D eigenvalue weighted by molar-refractivity contribution is 6.24. The Kier molecular flexibility index (Phi) is 7.50. The summed E-state index contributed by atoms with van der Waals surface area (Å²) < 4.78 is 8.72. The maximum atomic E-state index is 6.28. The topological polar surface area (TPSA) is 69.6 Å². The molecule has 0 atom stereocenters. The van der Waals surface area contributed by atoms with Gasteiger partial charge in [0.15, 0.2) is 23.1 Å². The summed E-state index contributed by atoms with van der Waals surface area (Å²) >= 11 is 0. The minimum Gasteiger partial charge on any atom is -0.454 e. The lowest BCUT2D eigenvalue weighted by atomic mass is 9.95. The Labute approximate surface area is 355 Å². The van der Waals surface area contributed by atoms with E-state index >= 15 is 0 Å². The van der Waals surface area contributed by atoms with Crippen molar-refractivity contribution in [2.24, 2.45) is 0 Å². The van der Waals surface area contributed by atoms with Crippen molar-refractivity contribution in [1.29, 1.82) is 0 Å². The molecular weight excluding hydrogens is 759 g/mol. The van der Waals surface area contributed by atoms with E-state index in [0.717, 1.165) is 77.0 Å². The fourth-order valence-corrected chi connectivity index (χ4v) is 9.52. The standard InChI is InChI=1S/C56H33N5O/c1-2-15-35(16-3-1)45-33-48-51(41-21-9-7-19-39(41)45)43-22-10-11-24-46(43)61(48)47-30-29-42(38-18-6-8-20-40(38)47)55-58-54(37-28-27-34-14-4-5-17-36(34)32-37)59-56(60-55)44-23-12-25-49-52(44)53-50(62-49)26-13-31-57-53/h1-33H. The summed E-state index contributed by atoms with van der Waals surface area (Å²) in [6.45, 7) is 0. The van der Waals surface area contributed by atoms with E-state index in [2.05, 4.69) is 168 Å². The van der Waals surface area contributed by atoms with Crippen LogP contribution in [0.3, 0.4) is 0 Å². The Morgan fingerprint density at radius 1 is 0.371 bits per heavy atom. The second-order valence-corrected chi connectivity index (χ2v) is 15.8. The molecule has 0 bridgehead atoms. The first-order chi connectivity index (χ1) is 30.7. The van der Waals surface area contributed by atoms with E-state index in [-0.39, 0.29) is 0 Å². The van der Waals surface area contributed by atoms with Crippen LogP contribution in [0.2, 0.25) is 0 Å². The summed E-state index contributed by atoms with van der Waals surface area (Å²) in [5.41, 5.74) is 10.6. The second kappa shape index (κ2) is 13.5. The molecule has 9 aromatic carbocycles. The number of furan rings is 1. The maximum Gasteiger partial charge on any atom is 0.164 e. The number of hydrogen-bond donors (Lipinski definition) is 0. The number of rotatable bonds is 5. The van der Waals surface area contributed by atoms with E-state index in [0.29, 0.717) is 17.5 Å². The number of benzene rings is 9. The zero-order valence-corrected chi connectivity index (χ0v) is 33.2. The van der Waals surface area contributed by atoms with Crippen LogP contribution in [0.4, 0.5) is 0 Å². The van der Waals surface area contributed by atoms with Gasteiger partial charge < -0.3 is 8.98 Å². The molecule has 4 heterocycles. The normalized spacial score (nSPS) is 11.9. The van der Waals surface area contributed by atoms with Gasteiger partial charge >= 0.3 is 0 Å². The first-order valence-corrected chi connectivity index (χ1v) is 20.8. The molecule has 0 spiro atoms. The molecular formula is C56H33N5O. The first kappa shape index (κ1) is 34.4. The van der Waals surface area contributed by atoms with Crippen molar-refractivity contribution in [3.8, 4) is 51.0 Å². The smallest absolute Gasteiger partial charge is 0.164 e. The zero-order chi connectivity index (χ0) is 40.7. The molecule has 0 aliphatic rings. The highest BCUT2D eigenvalue weighted by atomic mass is 16.3. The van der Waals surface area contributed by atoms with E-state index in [1.807, 2.05) is 30.3 Å². The summed E-state index contributed by atoms with van der Waals surface area (Å²) in [7, 11) is 0. The van der Waals surface area contributed by atoms with Gasteiger partial charge in [-0.15, -0.1) is 0 Å². The second-order valence-electron chi connectivity index (χ2n) is 15.8. The number of pyridine rings is 1. The molecule has 0 N–H and O–H groups in total. The van der Waals surface area contributed by atoms with E-state index in [9.17, 15) is 0 Å². The first-order valence-electron chi connectivity index (χ1n) is 20.8. The van der Waals surface area contributed by atoms with Crippen LogP contribution >= 0.6 is 0 Å². The number of hydrogen-bond acceptors (Lipinski definition) is 5. The Bertz CT molecular complexity index is 3940. The number of aromatic nitrogens is 5. The van der Waals surface area contributed by atoms with Gasteiger partial charge in [0.05, 0.1) is 22.1 Å². The number of para-hydroxylation sites is 1. The molecule has 0 radical (unpaired) electrons. The van der Waals surface area contributed by atoms with Crippen LogP contribution in [0.25, 0.3) is 127 Å². The molecule has 0 aliphatic carbocycles. The highest BCUT2D eigenvalue weighted by Crippen LogP contribution is 2.44. The van der Waals surface area contributed by atoms with E-state index in [1.54, 1.807) is 6.20 Å². The van der Waals surface area contributed by atoms with Gasteiger partial charge in [-0.3, -0.25) is 4.98 Å².